The molecule has 0 aliphatic heterocycles. The first kappa shape index (κ1) is 16.9. The molecule has 3 aromatic rings. The third kappa shape index (κ3) is 3.03. The summed E-state index contributed by atoms with van der Waals surface area (Å²) in [6, 6.07) is 18.3. The molecule has 0 heterocycles. The molecule has 0 aromatic heterocycles. The van der Waals surface area contributed by atoms with Gasteiger partial charge in [-0.25, -0.2) is 0 Å². The van der Waals surface area contributed by atoms with Gasteiger partial charge in [0.15, 0.2) is 0 Å². The normalized spacial score (nSPS) is 13.2. The van der Waals surface area contributed by atoms with Crippen LogP contribution in [0.2, 0.25) is 0 Å². The van der Waals surface area contributed by atoms with Crippen molar-refractivity contribution < 1.29 is 13.2 Å². The van der Waals surface area contributed by atoms with Crippen molar-refractivity contribution in [1.82, 2.24) is 0 Å². The van der Waals surface area contributed by atoms with E-state index in [0.717, 1.165) is 42.5 Å². The minimum atomic E-state index is -4.30. The van der Waals surface area contributed by atoms with Crippen LogP contribution in [0.4, 0.5) is 13.2 Å². The van der Waals surface area contributed by atoms with Gasteiger partial charge in [0.25, 0.3) is 0 Å². The fraction of sp³-hybridized carbons (Fsp3) is 0.217. The number of benzene rings is 3. The van der Waals surface area contributed by atoms with Gasteiger partial charge in [-0.2, -0.15) is 13.2 Å². The van der Waals surface area contributed by atoms with Crippen LogP contribution < -0.4 is 0 Å². The first-order valence-electron chi connectivity index (χ1n) is 8.88. The van der Waals surface area contributed by atoms with Crippen LogP contribution in [0, 0.1) is 0 Å². The number of rotatable bonds is 2. The molecule has 0 unspecified atom stereocenters. The van der Waals surface area contributed by atoms with E-state index in [1.165, 1.54) is 27.8 Å². The molecular weight excluding hydrogens is 333 g/mol. The van der Waals surface area contributed by atoms with Crippen LogP contribution >= 0.6 is 0 Å². The zero-order valence-electron chi connectivity index (χ0n) is 14.5. The van der Waals surface area contributed by atoms with Crippen molar-refractivity contribution >= 4 is 0 Å². The molecule has 1 aliphatic carbocycles. The topological polar surface area (TPSA) is 0 Å². The minimum absolute atomic E-state index is 0.611. The zero-order chi connectivity index (χ0) is 18.3. The first-order chi connectivity index (χ1) is 12.5. The average Bonchev–Trinajstić information content (AvgIpc) is 2.66. The van der Waals surface area contributed by atoms with Gasteiger partial charge in [-0.15, -0.1) is 0 Å². The molecule has 0 amide bonds. The fourth-order valence-electron chi connectivity index (χ4n) is 3.70. The molecule has 0 fully saturated rings. The van der Waals surface area contributed by atoms with E-state index in [4.69, 9.17) is 0 Å². The van der Waals surface area contributed by atoms with Crippen molar-refractivity contribution in [3.05, 3.63) is 82.9 Å². The second-order valence-electron chi connectivity index (χ2n) is 6.79. The van der Waals surface area contributed by atoms with E-state index in [9.17, 15) is 13.2 Å². The third-order valence-electron chi connectivity index (χ3n) is 5.18. The molecule has 0 saturated carbocycles. The second kappa shape index (κ2) is 6.31. The maximum atomic E-state index is 12.7. The summed E-state index contributed by atoms with van der Waals surface area (Å²) >= 11 is 0. The summed E-state index contributed by atoms with van der Waals surface area (Å²) in [7, 11) is 0. The summed E-state index contributed by atoms with van der Waals surface area (Å²) in [6.07, 6.45) is -1.29. The van der Waals surface area contributed by atoms with Crippen LogP contribution in [0.3, 0.4) is 0 Å². The summed E-state index contributed by atoms with van der Waals surface area (Å²) < 4.78 is 38.2. The lowest BCUT2D eigenvalue weighted by molar-refractivity contribution is -0.137. The molecule has 0 saturated heterocycles. The monoisotopic (exact) mass is 352 g/mol. The van der Waals surface area contributed by atoms with E-state index >= 15 is 0 Å². The van der Waals surface area contributed by atoms with Crippen molar-refractivity contribution in [2.24, 2.45) is 0 Å². The van der Waals surface area contributed by atoms with Crippen LogP contribution in [0.15, 0.2) is 60.7 Å². The zero-order valence-corrected chi connectivity index (χ0v) is 14.5. The Kier molecular flexibility index (Phi) is 4.10. The van der Waals surface area contributed by atoms with Gasteiger partial charge in [-0.1, -0.05) is 55.5 Å². The smallest absolute Gasteiger partial charge is 0.166 e. The molecule has 0 radical (unpaired) electrons. The van der Waals surface area contributed by atoms with E-state index in [-0.39, 0.29) is 0 Å². The Hall–Kier alpha value is -2.55. The molecule has 0 nitrogen and oxygen atoms in total. The summed E-state index contributed by atoms with van der Waals surface area (Å²) in [5.41, 5.74) is 7.69. The Morgan fingerprint density at radius 2 is 1.31 bits per heavy atom. The van der Waals surface area contributed by atoms with Crippen molar-refractivity contribution in [2.45, 2.75) is 32.4 Å². The lowest BCUT2D eigenvalue weighted by Gasteiger charge is -2.21. The van der Waals surface area contributed by atoms with Crippen molar-refractivity contribution in [3.63, 3.8) is 0 Å². The molecule has 0 bridgehead atoms. The van der Waals surface area contributed by atoms with Crippen LogP contribution in [0.25, 0.3) is 22.3 Å². The van der Waals surface area contributed by atoms with Crippen LogP contribution in [-0.2, 0) is 25.4 Å². The van der Waals surface area contributed by atoms with Crippen molar-refractivity contribution in [3.8, 4) is 22.3 Å². The lowest BCUT2D eigenvalue weighted by Crippen LogP contribution is -2.05. The van der Waals surface area contributed by atoms with Crippen LogP contribution in [0.1, 0.15) is 29.2 Å². The van der Waals surface area contributed by atoms with Gasteiger partial charge < -0.3 is 0 Å². The van der Waals surface area contributed by atoms with E-state index in [2.05, 4.69) is 37.3 Å². The Balaban J connectivity index is 1.70. The Bertz CT molecular complexity index is 950. The summed E-state index contributed by atoms with van der Waals surface area (Å²) in [6.45, 7) is 2.16. The molecule has 1 aliphatic rings. The molecule has 4 rings (SSSR count). The predicted octanol–water partition coefficient (Wildman–Crippen LogP) is 6.70. The summed E-state index contributed by atoms with van der Waals surface area (Å²) in [4.78, 5) is 0. The molecule has 0 atom stereocenters. The van der Waals surface area contributed by atoms with E-state index < -0.39 is 11.7 Å². The Morgan fingerprint density at radius 3 is 1.92 bits per heavy atom. The lowest BCUT2D eigenvalue weighted by atomic mass is 9.83. The number of aryl methyl sites for hydroxylation is 3. The van der Waals surface area contributed by atoms with Crippen LogP contribution in [-0.4, -0.2) is 0 Å². The second-order valence-corrected chi connectivity index (χ2v) is 6.79. The molecule has 3 aromatic carbocycles. The SMILES string of the molecule is CCc1ccc2c(c1)CCc1cc(-c3ccc(C(F)(F)F)cc3)ccc1-2. The number of alkyl halides is 3. The molecular formula is C23H19F3. The number of hydrogen-bond donors (Lipinski definition) is 0. The maximum Gasteiger partial charge on any atom is 0.416 e. The molecule has 0 N–H and O–H groups in total. The van der Waals surface area contributed by atoms with Gasteiger partial charge in [0.05, 0.1) is 5.56 Å². The van der Waals surface area contributed by atoms with Gasteiger partial charge >= 0.3 is 6.18 Å². The standard InChI is InChI=1S/C23H19F3/c1-2-15-3-11-21-18(13-15)4-5-19-14-17(8-12-22(19)21)16-6-9-20(10-7-16)23(24,25)26/h3,6-14H,2,4-5H2,1H3. The number of hydrogen-bond acceptors (Lipinski definition) is 0. The van der Waals surface area contributed by atoms with Crippen LogP contribution in [0.5, 0.6) is 0 Å². The van der Waals surface area contributed by atoms with Crippen molar-refractivity contribution in [1.29, 1.82) is 0 Å². The highest BCUT2D eigenvalue weighted by Gasteiger charge is 2.30. The van der Waals surface area contributed by atoms with Gasteiger partial charge in [0, 0.05) is 0 Å². The van der Waals surface area contributed by atoms with Gasteiger partial charge in [-0.3, -0.25) is 0 Å². The highest BCUT2D eigenvalue weighted by Crippen LogP contribution is 2.37. The third-order valence-corrected chi connectivity index (χ3v) is 5.18. The highest BCUT2D eigenvalue weighted by atomic mass is 19.4. The number of fused-ring (bicyclic) bond motifs is 3. The van der Waals surface area contributed by atoms with E-state index in [0.29, 0.717) is 0 Å². The Morgan fingerprint density at radius 1 is 0.731 bits per heavy atom. The van der Waals surface area contributed by atoms with Crippen molar-refractivity contribution in [2.75, 3.05) is 0 Å². The van der Waals surface area contributed by atoms with E-state index in [1.54, 1.807) is 12.1 Å². The van der Waals surface area contributed by atoms with Gasteiger partial charge in [0.1, 0.15) is 0 Å². The Labute approximate surface area is 151 Å². The summed E-state index contributed by atoms with van der Waals surface area (Å²) in [5.74, 6) is 0. The first-order valence-corrected chi connectivity index (χ1v) is 8.88. The molecule has 132 valence electrons. The summed E-state index contributed by atoms with van der Waals surface area (Å²) in [5, 5.41) is 0. The molecule has 26 heavy (non-hydrogen) atoms. The molecule has 3 heteroatoms. The molecule has 0 spiro atoms. The average molecular weight is 352 g/mol. The largest absolute Gasteiger partial charge is 0.416 e. The predicted molar refractivity (Wildman–Crippen MR) is 99.1 cm³/mol. The number of halogens is 3. The van der Waals surface area contributed by atoms with Gasteiger partial charge in [-0.05, 0) is 70.3 Å². The fourth-order valence-corrected chi connectivity index (χ4v) is 3.70. The van der Waals surface area contributed by atoms with E-state index in [1.807, 2.05) is 6.07 Å². The maximum absolute atomic E-state index is 12.7. The quantitative estimate of drug-likeness (QED) is 0.481. The minimum Gasteiger partial charge on any atom is -0.166 e. The highest BCUT2D eigenvalue weighted by molar-refractivity contribution is 5.77. The van der Waals surface area contributed by atoms with Gasteiger partial charge in [0.2, 0.25) is 0 Å².